The second-order valence-electron chi connectivity index (χ2n) is 8.69. The number of aromatic nitrogens is 2. The minimum Gasteiger partial charge on any atom is -0.382 e. The highest BCUT2D eigenvalue weighted by Crippen LogP contribution is 2.30. The number of halogens is 3. The van der Waals surface area contributed by atoms with Crippen LogP contribution in [0.1, 0.15) is 50.3 Å². The Hall–Kier alpha value is -2.03. The minimum absolute atomic E-state index is 0.0673. The zero-order valence-electron chi connectivity index (χ0n) is 18.2. The second-order valence-corrected chi connectivity index (χ2v) is 9.07. The molecular formula is C23H29ClF2N4O2. The molecule has 6 nitrogen and oxygen atoms in total. The average Bonchev–Trinajstić information content (AvgIpc) is 2.80. The fourth-order valence-corrected chi connectivity index (χ4v) is 4.81. The topological polar surface area (TPSA) is 59.4 Å². The van der Waals surface area contributed by atoms with Gasteiger partial charge < -0.3 is 10.1 Å². The van der Waals surface area contributed by atoms with Crippen LogP contribution in [-0.2, 0) is 4.74 Å². The number of benzene rings is 1. The van der Waals surface area contributed by atoms with E-state index in [0.717, 1.165) is 25.5 Å². The van der Waals surface area contributed by atoms with Crippen molar-refractivity contribution in [1.29, 1.82) is 0 Å². The third-order valence-electron chi connectivity index (χ3n) is 6.58. The molecule has 174 valence electrons. The Morgan fingerprint density at radius 1 is 1.28 bits per heavy atom. The fourth-order valence-electron chi connectivity index (χ4n) is 4.61. The van der Waals surface area contributed by atoms with Crippen molar-refractivity contribution in [1.82, 2.24) is 14.7 Å². The lowest BCUT2D eigenvalue weighted by molar-refractivity contribution is 0.0595. The van der Waals surface area contributed by atoms with Crippen molar-refractivity contribution in [2.75, 3.05) is 38.2 Å². The van der Waals surface area contributed by atoms with E-state index in [1.54, 1.807) is 6.20 Å². The first-order chi connectivity index (χ1) is 15.4. The molecule has 2 saturated heterocycles. The van der Waals surface area contributed by atoms with Gasteiger partial charge in [-0.2, -0.15) is 5.10 Å². The zero-order valence-corrected chi connectivity index (χ0v) is 19.0. The van der Waals surface area contributed by atoms with Crippen molar-refractivity contribution in [3.05, 3.63) is 57.0 Å². The van der Waals surface area contributed by atoms with Gasteiger partial charge in [-0.1, -0.05) is 17.7 Å². The van der Waals surface area contributed by atoms with E-state index in [1.165, 1.54) is 16.8 Å². The maximum atomic E-state index is 14.2. The first kappa shape index (κ1) is 23.1. The van der Waals surface area contributed by atoms with Crippen molar-refractivity contribution in [3.63, 3.8) is 0 Å². The van der Waals surface area contributed by atoms with Gasteiger partial charge in [0.1, 0.15) is 16.7 Å². The summed E-state index contributed by atoms with van der Waals surface area (Å²) < 4.78 is 34.3. The number of hydrogen-bond donors (Lipinski definition) is 1. The number of rotatable bonds is 6. The van der Waals surface area contributed by atoms with Crippen LogP contribution in [0, 0.1) is 17.6 Å². The normalized spacial score (nSPS) is 21.4. The molecule has 1 N–H and O–H groups in total. The van der Waals surface area contributed by atoms with Crippen LogP contribution < -0.4 is 10.9 Å². The minimum atomic E-state index is -0.579. The SMILES string of the molecule is CC(c1ccc(F)cc1F)N1CCC(n2ncc(NCC3CCCOC3)c(Cl)c2=O)CC1. The summed E-state index contributed by atoms with van der Waals surface area (Å²) in [5.41, 5.74) is 0.728. The molecule has 32 heavy (non-hydrogen) atoms. The van der Waals surface area contributed by atoms with Gasteiger partial charge in [-0.25, -0.2) is 13.5 Å². The molecule has 0 aliphatic carbocycles. The van der Waals surface area contributed by atoms with E-state index in [2.05, 4.69) is 15.3 Å². The van der Waals surface area contributed by atoms with Crippen LogP contribution in [0.15, 0.2) is 29.2 Å². The molecule has 2 aromatic rings. The lowest BCUT2D eigenvalue weighted by atomic mass is 10.00. The van der Waals surface area contributed by atoms with Gasteiger partial charge >= 0.3 is 0 Å². The highest BCUT2D eigenvalue weighted by atomic mass is 35.5. The molecule has 2 atom stereocenters. The van der Waals surface area contributed by atoms with Crippen molar-refractivity contribution in [3.8, 4) is 0 Å². The van der Waals surface area contributed by atoms with Gasteiger partial charge in [-0.15, -0.1) is 0 Å². The summed E-state index contributed by atoms with van der Waals surface area (Å²) in [6.07, 6.45) is 5.15. The summed E-state index contributed by atoms with van der Waals surface area (Å²) >= 11 is 6.37. The summed E-state index contributed by atoms with van der Waals surface area (Å²) in [6.45, 7) is 5.49. The monoisotopic (exact) mass is 466 g/mol. The molecule has 0 bridgehead atoms. The quantitative estimate of drug-likeness (QED) is 0.683. The molecule has 4 rings (SSSR count). The Labute approximate surface area is 191 Å². The van der Waals surface area contributed by atoms with E-state index < -0.39 is 11.6 Å². The summed E-state index contributed by atoms with van der Waals surface area (Å²) in [7, 11) is 0. The smallest absolute Gasteiger partial charge is 0.287 e. The van der Waals surface area contributed by atoms with Crippen molar-refractivity contribution < 1.29 is 13.5 Å². The third-order valence-corrected chi connectivity index (χ3v) is 6.95. The average molecular weight is 467 g/mol. The van der Waals surface area contributed by atoms with Gasteiger partial charge in [0.25, 0.3) is 5.56 Å². The highest BCUT2D eigenvalue weighted by molar-refractivity contribution is 6.32. The predicted octanol–water partition coefficient (Wildman–Crippen LogP) is 4.41. The lowest BCUT2D eigenvalue weighted by Gasteiger charge is -2.36. The lowest BCUT2D eigenvalue weighted by Crippen LogP contribution is -2.40. The first-order valence-corrected chi connectivity index (χ1v) is 11.6. The summed E-state index contributed by atoms with van der Waals surface area (Å²) in [5, 5.41) is 7.78. The molecule has 0 saturated carbocycles. The molecular weight excluding hydrogens is 438 g/mol. The number of piperidine rings is 1. The van der Waals surface area contributed by atoms with Crippen molar-refractivity contribution in [2.24, 2.45) is 5.92 Å². The molecule has 3 heterocycles. The van der Waals surface area contributed by atoms with Crippen LogP contribution >= 0.6 is 11.6 Å². The van der Waals surface area contributed by atoms with Crippen LogP contribution in [0.4, 0.5) is 14.5 Å². The maximum Gasteiger partial charge on any atom is 0.287 e. The van der Waals surface area contributed by atoms with Crippen molar-refractivity contribution >= 4 is 17.3 Å². The summed E-state index contributed by atoms with van der Waals surface area (Å²) in [6, 6.07) is 3.45. The van der Waals surface area contributed by atoms with Crippen LogP contribution in [0.5, 0.6) is 0 Å². The van der Waals surface area contributed by atoms with Crippen LogP contribution in [0.2, 0.25) is 5.02 Å². The second kappa shape index (κ2) is 10.3. The number of likely N-dealkylation sites (tertiary alicyclic amines) is 1. The Morgan fingerprint density at radius 3 is 2.75 bits per heavy atom. The number of nitrogens with zero attached hydrogens (tertiary/aromatic N) is 3. The van der Waals surface area contributed by atoms with E-state index in [4.69, 9.17) is 16.3 Å². The predicted molar refractivity (Wildman–Crippen MR) is 120 cm³/mol. The fraction of sp³-hybridized carbons (Fsp3) is 0.565. The third kappa shape index (κ3) is 5.13. The molecule has 2 unspecified atom stereocenters. The molecule has 0 radical (unpaired) electrons. The number of hydrogen-bond acceptors (Lipinski definition) is 5. The zero-order chi connectivity index (χ0) is 22.7. The largest absolute Gasteiger partial charge is 0.382 e. The molecule has 2 fully saturated rings. The van der Waals surface area contributed by atoms with E-state index in [0.29, 0.717) is 56.3 Å². The van der Waals surface area contributed by atoms with Gasteiger partial charge in [0.2, 0.25) is 0 Å². The van der Waals surface area contributed by atoms with Crippen LogP contribution in [0.25, 0.3) is 0 Å². The number of ether oxygens (including phenoxy) is 1. The molecule has 1 aromatic carbocycles. The molecule has 1 aromatic heterocycles. The molecule has 2 aliphatic rings. The Morgan fingerprint density at radius 2 is 2.06 bits per heavy atom. The Bertz CT molecular complexity index is 988. The number of anilines is 1. The van der Waals surface area contributed by atoms with Crippen molar-refractivity contribution in [2.45, 2.75) is 44.7 Å². The van der Waals surface area contributed by atoms with Gasteiger partial charge in [0.05, 0.1) is 24.5 Å². The number of nitrogens with one attached hydrogen (secondary N) is 1. The molecule has 9 heteroatoms. The van der Waals surface area contributed by atoms with Gasteiger partial charge in [0.15, 0.2) is 0 Å². The van der Waals surface area contributed by atoms with Gasteiger partial charge in [-0.05, 0) is 44.6 Å². The first-order valence-electron chi connectivity index (χ1n) is 11.2. The Kier molecular flexibility index (Phi) is 7.43. The molecule has 2 aliphatic heterocycles. The molecule has 0 amide bonds. The standard InChI is InChI=1S/C23H29ClF2N4O2/c1-15(19-5-4-17(25)11-20(19)26)29-8-6-18(7-9-29)30-23(31)22(24)21(13-28-30)27-12-16-3-2-10-32-14-16/h4-5,11,13,15-16,18,27H,2-3,6-10,12,14H2,1H3. The summed E-state index contributed by atoms with van der Waals surface area (Å²) in [5.74, 6) is -0.712. The van der Waals surface area contributed by atoms with Gasteiger partial charge in [-0.3, -0.25) is 9.69 Å². The molecule has 0 spiro atoms. The maximum absolute atomic E-state index is 14.2. The van der Waals surface area contributed by atoms with E-state index in [1.807, 2.05) is 6.92 Å². The Balaban J connectivity index is 1.37. The van der Waals surface area contributed by atoms with E-state index in [9.17, 15) is 13.6 Å². The van der Waals surface area contributed by atoms with E-state index in [-0.39, 0.29) is 22.7 Å². The van der Waals surface area contributed by atoms with Crippen LogP contribution in [-0.4, -0.2) is 47.5 Å². The summed E-state index contributed by atoms with van der Waals surface area (Å²) in [4.78, 5) is 15.0. The van der Waals surface area contributed by atoms with E-state index >= 15 is 0 Å². The highest BCUT2D eigenvalue weighted by Gasteiger charge is 2.28. The van der Waals surface area contributed by atoms with Crippen LogP contribution in [0.3, 0.4) is 0 Å². The van der Waals surface area contributed by atoms with Gasteiger partial charge in [0, 0.05) is 43.9 Å².